The Hall–Kier alpha value is -3.61. The summed E-state index contributed by atoms with van der Waals surface area (Å²) in [6.07, 6.45) is 0. The van der Waals surface area contributed by atoms with Gasteiger partial charge in [0.1, 0.15) is 17.3 Å². The summed E-state index contributed by atoms with van der Waals surface area (Å²) in [5, 5.41) is 14.0. The number of benzene rings is 2. The topological polar surface area (TPSA) is 85.4 Å². The van der Waals surface area contributed by atoms with E-state index >= 15 is 0 Å². The van der Waals surface area contributed by atoms with Crippen molar-refractivity contribution in [1.82, 2.24) is 10.2 Å². The molecule has 0 atom stereocenters. The summed E-state index contributed by atoms with van der Waals surface area (Å²) in [6, 6.07) is 18.1. The summed E-state index contributed by atoms with van der Waals surface area (Å²) < 4.78 is 10.4. The van der Waals surface area contributed by atoms with Crippen molar-refractivity contribution in [2.24, 2.45) is 0 Å². The molecule has 1 heterocycles. The number of hydrogen-bond acceptors (Lipinski definition) is 6. The molecule has 27 heavy (non-hydrogen) atoms. The number of para-hydroxylation sites is 1. The van der Waals surface area contributed by atoms with Gasteiger partial charge in [-0.25, -0.2) is 0 Å². The molecule has 7 nitrogen and oxygen atoms in total. The van der Waals surface area contributed by atoms with Crippen molar-refractivity contribution in [2.75, 3.05) is 24.9 Å². The van der Waals surface area contributed by atoms with Crippen LogP contribution in [0, 0.1) is 0 Å². The maximum absolute atomic E-state index is 12.3. The smallest absolute Gasteiger partial charge is 0.256 e. The van der Waals surface area contributed by atoms with E-state index in [4.69, 9.17) is 9.47 Å². The molecule has 0 saturated carbocycles. The normalized spacial score (nSPS) is 10.1. The number of rotatable bonds is 7. The number of methoxy groups -OCH3 is 2. The summed E-state index contributed by atoms with van der Waals surface area (Å²) in [4.78, 5) is 12.3. The van der Waals surface area contributed by atoms with Gasteiger partial charge in [0, 0.05) is 17.7 Å². The lowest BCUT2D eigenvalue weighted by atomic mass is 10.2. The molecule has 7 heteroatoms. The monoisotopic (exact) mass is 364 g/mol. The Kier molecular flexibility index (Phi) is 5.84. The summed E-state index contributed by atoms with van der Waals surface area (Å²) >= 11 is 0. The third kappa shape index (κ3) is 4.72. The van der Waals surface area contributed by atoms with Crippen LogP contribution in [0.25, 0.3) is 0 Å². The summed E-state index contributed by atoms with van der Waals surface area (Å²) in [6.45, 7) is 0.550. The molecule has 0 spiro atoms. The first-order valence-corrected chi connectivity index (χ1v) is 8.34. The van der Waals surface area contributed by atoms with E-state index in [1.807, 2.05) is 24.3 Å². The summed E-state index contributed by atoms with van der Waals surface area (Å²) in [7, 11) is 3.19. The zero-order valence-electron chi connectivity index (χ0n) is 15.1. The zero-order valence-corrected chi connectivity index (χ0v) is 15.1. The fourth-order valence-corrected chi connectivity index (χ4v) is 2.48. The molecule has 3 rings (SSSR count). The number of amides is 1. The molecule has 2 aromatic carbocycles. The number of nitrogens with zero attached hydrogens (tertiary/aromatic N) is 2. The van der Waals surface area contributed by atoms with Crippen LogP contribution in [-0.4, -0.2) is 30.3 Å². The van der Waals surface area contributed by atoms with Crippen molar-refractivity contribution in [3.8, 4) is 11.5 Å². The van der Waals surface area contributed by atoms with Crippen molar-refractivity contribution in [1.29, 1.82) is 0 Å². The lowest BCUT2D eigenvalue weighted by molar-refractivity contribution is 0.102. The predicted octanol–water partition coefficient (Wildman–Crippen LogP) is 3.36. The van der Waals surface area contributed by atoms with Crippen LogP contribution in [-0.2, 0) is 6.54 Å². The maximum Gasteiger partial charge on any atom is 0.256 e. The molecule has 138 valence electrons. The quantitative estimate of drug-likeness (QED) is 0.669. The van der Waals surface area contributed by atoms with Crippen LogP contribution in [0.2, 0.25) is 0 Å². The molecule has 0 aliphatic heterocycles. The molecule has 1 amide bonds. The average molecular weight is 364 g/mol. The molecule has 0 unspecified atom stereocenters. The van der Waals surface area contributed by atoms with Gasteiger partial charge in [0.15, 0.2) is 5.82 Å². The Balaban J connectivity index is 1.60. The van der Waals surface area contributed by atoms with Gasteiger partial charge >= 0.3 is 0 Å². The Morgan fingerprint density at radius 2 is 1.70 bits per heavy atom. The van der Waals surface area contributed by atoms with E-state index in [1.54, 1.807) is 50.6 Å². The van der Waals surface area contributed by atoms with Gasteiger partial charge in [-0.05, 0) is 36.4 Å². The first-order chi connectivity index (χ1) is 13.2. The van der Waals surface area contributed by atoms with Crippen LogP contribution < -0.4 is 20.1 Å². The minimum absolute atomic E-state index is 0.280. The number of hydrogen-bond donors (Lipinski definition) is 2. The lowest BCUT2D eigenvalue weighted by Gasteiger charge is -2.10. The second kappa shape index (κ2) is 8.66. The second-order valence-corrected chi connectivity index (χ2v) is 5.66. The van der Waals surface area contributed by atoms with Crippen LogP contribution in [0.1, 0.15) is 15.9 Å². The third-order valence-electron chi connectivity index (χ3n) is 3.89. The number of nitrogens with one attached hydrogen (secondary N) is 2. The molecule has 0 radical (unpaired) electrons. The highest BCUT2D eigenvalue weighted by atomic mass is 16.5. The molecular weight excluding hydrogens is 344 g/mol. The van der Waals surface area contributed by atoms with E-state index in [9.17, 15) is 4.79 Å². The summed E-state index contributed by atoms with van der Waals surface area (Å²) in [5.41, 5.74) is 1.49. The molecule has 1 aromatic heterocycles. The molecule has 0 fully saturated rings. The van der Waals surface area contributed by atoms with Gasteiger partial charge in [0.25, 0.3) is 5.91 Å². The third-order valence-corrected chi connectivity index (χ3v) is 3.89. The van der Waals surface area contributed by atoms with E-state index < -0.39 is 0 Å². The van der Waals surface area contributed by atoms with E-state index in [0.29, 0.717) is 29.5 Å². The van der Waals surface area contributed by atoms with Crippen LogP contribution in [0.4, 0.5) is 11.6 Å². The molecule has 0 aliphatic carbocycles. The fraction of sp³-hybridized carbons (Fsp3) is 0.150. The molecule has 2 N–H and O–H groups in total. The van der Waals surface area contributed by atoms with Gasteiger partial charge < -0.3 is 20.1 Å². The molecular formula is C20H20N4O3. The van der Waals surface area contributed by atoms with Crippen molar-refractivity contribution >= 4 is 17.5 Å². The molecule has 0 saturated heterocycles. The number of anilines is 2. The first kappa shape index (κ1) is 18.2. The highest BCUT2D eigenvalue weighted by molar-refractivity contribution is 6.03. The number of carbonyl (C=O) groups is 1. The van der Waals surface area contributed by atoms with Gasteiger partial charge in [0.05, 0.1) is 14.2 Å². The largest absolute Gasteiger partial charge is 0.497 e. The Labute approximate surface area is 157 Å². The Bertz CT molecular complexity index is 913. The van der Waals surface area contributed by atoms with Crippen molar-refractivity contribution in [3.63, 3.8) is 0 Å². The van der Waals surface area contributed by atoms with E-state index in [-0.39, 0.29) is 5.91 Å². The van der Waals surface area contributed by atoms with Crippen LogP contribution in [0.3, 0.4) is 0 Å². The Morgan fingerprint density at radius 3 is 2.44 bits per heavy atom. The number of aromatic nitrogens is 2. The fourth-order valence-electron chi connectivity index (χ4n) is 2.48. The zero-order chi connectivity index (χ0) is 19.1. The van der Waals surface area contributed by atoms with Gasteiger partial charge in [-0.1, -0.05) is 24.3 Å². The van der Waals surface area contributed by atoms with Gasteiger partial charge in [-0.2, -0.15) is 0 Å². The van der Waals surface area contributed by atoms with Crippen LogP contribution >= 0.6 is 0 Å². The van der Waals surface area contributed by atoms with Gasteiger partial charge in [0.2, 0.25) is 0 Å². The second-order valence-electron chi connectivity index (χ2n) is 5.66. The van der Waals surface area contributed by atoms with Crippen molar-refractivity contribution in [2.45, 2.75) is 6.54 Å². The molecule has 0 bridgehead atoms. The molecule has 3 aromatic rings. The minimum Gasteiger partial charge on any atom is -0.497 e. The van der Waals surface area contributed by atoms with Crippen molar-refractivity contribution < 1.29 is 14.3 Å². The van der Waals surface area contributed by atoms with Crippen LogP contribution in [0.15, 0.2) is 60.7 Å². The minimum atomic E-state index is -0.280. The lowest BCUT2D eigenvalue weighted by Crippen LogP contribution is -2.13. The van der Waals surface area contributed by atoms with Crippen LogP contribution in [0.5, 0.6) is 11.5 Å². The average Bonchev–Trinajstić information content (AvgIpc) is 2.73. The standard InChI is InChI=1S/C20H20N4O3/c1-26-16-8-5-7-14(12-16)20(25)22-19-11-10-18(23-24-19)21-13-15-6-3-4-9-17(15)27-2/h3-12H,13H2,1-2H3,(H,21,23)(H,22,24,25). The van der Waals surface area contributed by atoms with E-state index in [1.165, 1.54) is 0 Å². The maximum atomic E-state index is 12.3. The first-order valence-electron chi connectivity index (χ1n) is 8.34. The van der Waals surface area contributed by atoms with E-state index in [2.05, 4.69) is 20.8 Å². The highest BCUT2D eigenvalue weighted by Crippen LogP contribution is 2.19. The predicted molar refractivity (Wildman–Crippen MR) is 103 cm³/mol. The van der Waals surface area contributed by atoms with Gasteiger partial charge in [-0.15, -0.1) is 10.2 Å². The highest BCUT2D eigenvalue weighted by Gasteiger charge is 2.09. The van der Waals surface area contributed by atoms with Crippen molar-refractivity contribution in [3.05, 3.63) is 71.8 Å². The number of ether oxygens (including phenoxy) is 2. The number of carbonyl (C=O) groups excluding carboxylic acids is 1. The SMILES string of the molecule is COc1cccc(C(=O)Nc2ccc(NCc3ccccc3OC)nn2)c1. The molecule has 0 aliphatic rings. The van der Waals surface area contributed by atoms with Gasteiger partial charge in [-0.3, -0.25) is 4.79 Å². The Morgan fingerprint density at radius 1 is 0.926 bits per heavy atom. The summed E-state index contributed by atoms with van der Waals surface area (Å²) in [5.74, 6) is 2.11. The van der Waals surface area contributed by atoms with E-state index in [0.717, 1.165) is 11.3 Å².